The fourth-order valence-electron chi connectivity index (χ4n) is 7.10. The molecule has 0 bridgehead atoms. The van der Waals surface area contributed by atoms with Gasteiger partial charge in [-0.15, -0.1) is 18.8 Å². The first-order valence-corrected chi connectivity index (χ1v) is 16.1. The van der Waals surface area contributed by atoms with E-state index in [0.29, 0.717) is 24.6 Å². The SMILES string of the molecule is C#CCN1CCC2=C(C1)c1c(OC(=O)CCCN3CCCCC3)cc(-c3ccccc3C(C)CCC)cc1OC2(C)C.Cl. The summed E-state index contributed by atoms with van der Waals surface area (Å²) in [7, 11) is 0. The summed E-state index contributed by atoms with van der Waals surface area (Å²) in [5, 5.41) is 0. The molecule has 0 N–H and O–H groups in total. The average molecular weight is 605 g/mol. The van der Waals surface area contributed by atoms with Crippen molar-refractivity contribution in [3.05, 3.63) is 53.1 Å². The third kappa shape index (κ3) is 7.66. The molecule has 0 saturated carbocycles. The van der Waals surface area contributed by atoms with Gasteiger partial charge in [-0.2, -0.15) is 0 Å². The number of rotatable bonds is 10. The van der Waals surface area contributed by atoms with Crippen molar-refractivity contribution >= 4 is 23.9 Å². The van der Waals surface area contributed by atoms with Gasteiger partial charge in [-0.05, 0) is 111 Å². The normalized spacial score (nSPS) is 18.9. The molecule has 1 saturated heterocycles. The average Bonchev–Trinajstić information content (AvgIpc) is 2.97. The Bertz CT molecular complexity index is 1350. The first-order valence-electron chi connectivity index (χ1n) is 16.1. The molecule has 3 aliphatic heterocycles. The highest BCUT2D eigenvalue weighted by molar-refractivity contribution is 5.87. The lowest BCUT2D eigenvalue weighted by molar-refractivity contribution is -0.134. The lowest BCUT2D eigenvalue weighted by Gasteiger charge is -2.42. The van der Waals surface area contributed by atoms with Crippen LogP contribution in [0.25, 0.3) is 16.7 Å². The molecule has 2 aromatic carbocycles. The Balaban J connectivity index is 0.00000423. The Morgan fingerprint density at radius 3 is 2.63 bits per heavy atom. The Hall–Kier alpha value is -2.78. The van der Waals surface area contributed by atoms with Crippen LogP contribution in [0, 0.1) is 12.3 Å². The molecule has 6 heteroatoms. The second-order valence-electron chi connectivity index (χ2n) is 12.8. The van der Waals surface area contributed by atoms with E-state index in [1.807, 2.05) is 0 Å². The molecule has 0 spiro atoms. The van der Waals surface area contributed by atoms with E-state index in [4.69, 9.17) is 15.9 Å². The topological polar surface area (TPSA) is 42.0 Å². The number of benzene rings is 2. The number of hydrogen-bond donors (Lipinski definition) is 0. The van der Waals surface area contributed by atoms with Crippen LogP contribution < -0.4 is 9.47 Å². The molecule has 0 radical (unpaired) electrons. The van der Waals surface area contributed by atoms with Crippen LogP contribution in [0.5, 0.6) is 11.5 Å². The smallest absolute Gasteiger partial charge is 0.311 e. The number of fused-ring (bicyclic) bond motifs is 2. The predicted molar refractivity (Wildman–Crippen MR) is 179 cm³/mol. The minimum absolute atomic E-state index is 0. The summed E-state index contributed by atoms with van der Waals surface area (Å²) in [6.45, 7) is 14.3. The van der Waals surface area contributed by atoms with E-state index in [2.05, 4.69) is 79.8 Å². The van der Waals surface area contributed by atoms with Gasteiger partial charge < -0.3 is 14.4 Å². The number of ether oxygens (including phenoxy) is 2. The third-order valence-electron chi connectivity index (χ3n) is 9.25. The Kier molecular flexibility index (Phi) is 11.4. The largest absolute Gasteiger partial charge is 0.483 e. The molecule has 0 amide bonds. The zero-order chi connectivity index (χ0) is 29.7. The molecule has 2 aromatic rings. The van der Waals surface area contributed by atoms with E-state index in [-0.39, 0.29) is 18.4 Å². The van der Waals surface area contributed by atoms with E-state index in [1.165, 1.54) is 41.5 Å². The second-order valence-corrected chi connectivity index (χ2v) is 12.8. The minimum Gasteiger partial charge on any atom is -0.483 e. The number of hydrogen-bond acceptors (Lipinski definition) is 5. The van der Waals surface area contributed by atoms with Gasteiger partial charge in [-0.1, -0.05) is 56.9 Å². The van der Waals surface area contributed by atoms with Gasteiger partial charge in [0.15, 0.2) is 0 Å². The van der Waals surface area contributed by atoms with Crippen molar-refractivity contribution in [1.29, 1.82) is 0 Å². The first kappa shape index (κ1) is 33.1. The standard InChI is InChI=1S/C37H48N2O3.ClH/c1-6-14-27(3)29-15-9-10-16-30(29)28-24-33(41-35(40)17-13-22-38-20-11-8-12-21-38)36-31-26-39(19-7-2)23-18-32(31)37(4,5)42-34(36)25-28;/h2,9-10,15-16,24-25,27H,6,8,11-14,17-23,26H2,1,3-5H3;1H. The summed E-state index contributed by atoms with van der Waals surface area (Å²) in [5.41, 5.74) is 6.44. The molecule has 43 heavy (non-hydrogen) atoms. The van der Waals surface area contributed by atoms with Gasteiger partial charge in [-0.3, -0.25) is 9.69 Å². The molecule has 3 aliphatic rings. The van der Waals surface area contributed by atoms with Gasteiger partial charge in [0, 0.05) is 19.5 Å². The summed E-state index contributed by atoms with van der Waals surface area (Å²) in [6, 6.07) is 12.9. The van der Waals surface area contributed by atoms with Crippen molar-refractivity contribution in [3.63, 3.8) is 0 Å². The summed E-state index contributed by atoms with van der Waals surface area (Å²) in [4.78, 5) is 18.1. The quantitative estimate of drug-likeness (QED) is 0.156. The Morgan fingerprint density at radius 2 is 1.88 bits per heavy atom. The third-order valence-corrected chi connectivity index (χ3v) is 9.25. The Labute approximate surface area is 265 Å². The fourth-order valence-corrected chi connectivity index (χ4v) is 7.10. The zero-order valence-electron chi connectivity index (χ0n) is 26.5. The van der Waals surface area contributed by atoms with Crippen LogP contribution in [0.4, 0.5) is 0 Å². The summed E-state index contributed by atoms with van der Waals surface area (Å²) < 4.78 is 13.1. The Morgan fingerprint density at radius 1 is 1.12 bits per heavy atom. The molecule has 3 heterocycles. The molecule has 5 nitrogen and oxygen atoms in total. The van der Waals surface area contributed by atoms with Crippen LogP contribution in [-0.4, -0.2) is 60.6 Å². The van der Waals surface area contributed by atoms with E-state index >= 15 is 0 Å². The van der Waals surface area contributed by atoms with Gasteiger partial charge in [-0.25, -0.2) is 0 Å². The maximum absolute atomic E-state index is 13.4. The highest BCUT2D eigenvalue weighted by atomic mass is 35.5. The fraction of sp³-hybridized carbons (Fsp3) is 0.541. The van der Waals surface area contributed by atoms with Crippen molar-refractivity contribution in [2.75, 3.05) is 39.3 Å². The van der Waals surface area contributed by atoms with Gasteiger partial charge >= 0.3 is 5.97 Å². The van der Waals surface area contributed by atoms with Crippen molar-refractivity contribution in [2.45, 2.75) is 90.6 Å². The molecule has 1 unspecified atom stereocenters. The lowest BCUT2D eigenvalue weighted by atomic mass is 9.80. The number of piperidine rings is 1. The summed E-state index contributed by atoms with van der Waals surface area (Å²) in [6.07, 6.45) is 13.9. The molecular formula is C37H49ClN2O3. The number of terminal acetylenes is 1. The van der Waals surface area contributed by atoms with Crippen LogP contribution in [0.15, 0.2) is 42.0 Å². The molecule has 0 aromatic heterocycles. The number of nitrogens with zero attached hydrogens (tertiary/aromatic N) is 2. The highest BCUT2D eigenvalue weighted by Crippen LogP contribution is 2.50. The van der Waals surface area contributed by atoms with Gasteiger partial charge in [0.1, 0.15) is 17.1 Å². The van der Waals surface area contributed by atoms with Gasteiger partial charge in [0.25, 0.3) is 0 Å². The monoisotopic (exact) mass is 604 g/mol. The number of esters is 1. The van der Waals surface area contributed by atoms with Gasteiger partial charge in [0.05, 0.1) is 12.1 Å². The van der Waals surface area contributed by atoms with Crippen molar-refractivity contribution in [3.8, 4) is 35.0 Å². The van der Waals surface area contributed by atoms with E-state index in [9.17, 15) is 4.79 Å². The molecule has 1 fully saturated rings. The first-order chi connectivity index (χ1) is 20.3. The number of halogens is 1. The lowest BCUT2D eigenvalue weighted by Crippen LogP contribution is -2.42. The van der Waals surface area contributed by atoms with Crippen LogP contribution in [0.2, 0.25) is 0 Å². The maximum Gasteiger partial charge on any atom is 0.311 e. The second kappa shape index (κ2) is 14.8. The van der Waals surface area contributed by atoms with E-state index in [1.54, 1.807) is 0 Å². The summed E-state index contributed by atoms with van der Waals surface area (Å²) >= 11 is 0. The van der Waals surface area contributed by atoms with Crippen LogP contribution in [0.1, 0.15) is 96.1 Å². The van der Waals surface area contributed by atoms with Gasteiger partial charge in [0.2, 0.25) is 0 Å². The van der Waals surface area contributed by atoms with Crippen LogP contribution in [-0.2, 0) is 4.79 Å². The molecule has 5 rings (SSSR count). The zero-order valence-corrected chi connectivity index (χ0v) is 27.4. The number of carbonyl (C=O) groups excluding carboxylic acids is 1. The van der Waals surface area contributed by atoms with Crippen molar-refractivity contribution in [2.24, 2.45) is 0 Å². The highest BCUT2D eigenvalue weighted by Gasteiger charge is 2.39. The molecule has 232 valence electrons. The number of carbonyl (C=O) groups is 1. The minimum atomic E-state index is -0.450. The van der Waals surface area contributed by atoms with Crippen LogP contribution in [0.3, 0.4) is 0 Å². The molecule has 0 aliphatic carbocycles. The van der Waals surface area contributed by atoms with Crippen LogP contribution >= 0.6 is 12.4 Å². The predicted octanol–water partition coefficient (Wildman–Crippen LogP) is 8.11. The molecule has 1 atom stereocenters. The van der Waals surface area contributed by atoms with E-state index in [0.717, 1.165) is 75.3 Å². The summed E-state index contributed by atoms with van der Waals surface area (Å²) in [5.74, 6) is 4.45. The van der Waals surface area contributed by atoms with E-state index < -0.39 is 5.60 Å². The van der Waals surface area contributed by atoms with Crippen molar-refractivity contribution < 1.29 is 14.3 Å². The molecular weight excluding hydrogens is 556 g/mol. The van der Waals surface area contributed by atoms with Crippen molar-refractivity contribution in [1.82, 2.24) is 9.80 Å². The maximum atomic E-state index is 13.4. The number of likely N-dealkylation sites (tertiary alicyclic amines) is 1.